The van der Waals surface area contributed by atoms with Gasteiger partial charge < -0.3 is 15.5 Å². The third-order valence-corrected chi connectivity index (χ3v) is 3.26. The number of fused-ring (bicyclic) bond motifs is 1. The first-order valence-corrected chi connectivity index (χ1v) is 5.68. The molecule has 1 unspecified atom stereocenters. The standard InChI is InChI=1S/C10H10FNO3S/c11-6-3-5-7(12-10(15)9(5)14)4-8(6)16-2-1-13/h3-4,9,13-14H,1-2H2,(H,12,15). The molecule has 1 heterocycles. The monoisotopic (exact) mass is 243 g/mol. The Morgan fingerprint density at radius 1 is 1.50 bits per heavy atom. The molecule has 2 rings (SSSR count). The number of halogens is 1. The van der Waals surface area contributed by atoms with Crippen molar-refractivity contribution in [1.29, 1.82) is 0 Å². The first-order chi connectivity index (χ1) is 7.63. The van der Waals surface area contributed by atoms with Crippen LogP contribution in [0.4, 0.5) is 10.1 Å². The highest BCUT2D eigenvalue weighted by molar-refractivity contribution is 7.99. The topological polar surface area (TPSA) is 69.6 Å². The minimum atomic E-state index is -1.29. The number of hydrogen-bond donors (Lipinski definition) is 3. The molecule has 16 heavy (non-hydrogen) atoms. The van der Waals surface area contributed by atoms with Gasteiger partial charge in [-0.05, 0) is 12.1 Å². The van der Waals surface area contributed by atoms with E-state index in [-0.39, 0.29) is 12.2 Å². The molecule has 0 fully saturated rings. The summed E-state index contributed by atoms with van der Waals surface area (Å²) in [7, 11) is 0. The van der Waals surface area contributed by atoms with Gasteiger partial charge in [-0.1, -0.05) is 0 Å². The molecular formula is C10H10FNO3S. The van der Waals surface area contributed by atoms with Crippen molar-refractivity contribution in [2.45, 2.75) is 11.0 Å². The first kappa shape index (κ1) is 11.4. The maximum atomic E-state index is 13.5. The average Bonchev–Trinajstić information content (AvgIpc) is 2.52. The highest BCUT2D eigenvalue weighted by Crippen LogP contribution is 2.35. The number of hydrogen-bond acceptors (Lipinski definition) is 4. The average molecular weight is 243 g/mol. The highest BCUT2D eigenvalue weighted by atomic mass is 32.2. The van der Waals surface area contributed by atoms with Crippen LogP contribution in [0.1, 0.15) is 11.7 Å². The van der Waals surface area contributed by atoms with Gasteiger partial charge >= 0.3 is 0 Å². The maximum Gasteiger partial charge on any atom is 0.257 e. The number of carbonyl (C=O) groups excluding carboxylic acids is 1. The number of aliphatic hydroxyl groups excluding tert-OH is 2. The Balaban J connectivity index is 2.33. The summed E-state index contributed by atoms with van der Waals surface area (Å²) in [5.74, 6) is -0.655. The third kappa shape index (κ3) is 1.91. The first-order valence-electron chi connectivity index (χ1n) is 4.69. The summed E-state index contributed by atoms with van der Waals surface area (Å²) in [5.41, 5.74) is 0.690. The smallest absolute Gasteiger partial charge is 0.257 e. The van der Waals surface area contributed by atoms with Crippen molar-refractivity contribution in [2.75, 3.05) is 17.7 Å². The number of aliphatic hydroxyl groups is 2. The molecule has 6 heteroatoms. The van der Waals surface area contributed by atoms with Crippen molar-refractivity contribution in [3.8, 4) is 0 Å². The molecule has 0 radical (unpaired) electrons. The second-order valence-corrected chi connectivity index (χ2v) is 4.47. The SMILES string of the molecule is O=C1Nc2cc(SCCO)c(F)cc2C1O. The van der Waals surface area contributed by atoms with Crippen LogP contribution in [-0.4, -0.2) is 28.5 Å². The second-order valence-electron chi connectivity index (χ2n) is 3.33. The zero-order valence-electron chi connectivity index (χ0n) is 8.24. The molecule has 1 aliphatic rings. The molecule has 0 bridgehead atoms. The van der Waals surface area contributed by atoms with Gasteiger partial charge in [0, 0.05) is 21.9 Å². The van der Waals surface area contributed by atoms with Crippen LogP contribution in [0.25, 0.3) is 0 Å². The fraction of sp³-hybridized carbons (Fsp3) is 0.300. The van der Waals surface area contributed by atoms with E-state index >= 15 is 0 Å². The molecule has 0 aromatic heterocycles. The van der Waals surface area contributed by atoms with Crippen LogP contribution in [0.2, 0.25) is 0 Å². The summed E-state index contributed by atoms with van der Waals surface area (Å²) in [5, 5.41) is 20.5. The lowest BCUT2D eigenvalue weighted by atomic mass is 10.1. The van der Waals surface area contributed by atoms with E-state index in [0.717, 1.165) is 17.8 Å². The van der Waals surface area contributed by atoms with E-state index in [0.29, 0.717) is 16.3 Å². The molecule has 0 spiro atoms. The minimum Gasteiger partial charge on any atom is -0.396 e. The number of anilines is 1. The largest absolute Gasteiger partial charge is 0.396 e. The zero-order valence-corrected chi connectivity index (χ0v) is 9.05. The predicted octanol–water partition coefficient (Wildman–Crippen LogP) is 0.896. The number of thioether (sulfide) groups is 1. The van der Waals surface area contributed by atoms with Gasteiger partial charge in [0.25, 0.3) is 5.91 Å². The molecule has 1 aromatic carbocycles. The molecule has 0 saturated heterocycles. The van der Waals surface area contributed by atoms with Gasteiger partial charge in [0.15, 0.2) is 6.10 Å². The van der Waals surface area contributed by atoms with E-state index < -0.39 is 17.8 Å². The third-order valence-electron chi connectivity index (χ3n) is 2.25. The molecule has 4 nitrogen and oxygen atoms in total. The summed E-state index contributed by atoms with van der Waals surface area (Å²) >= 11 is 1.16. The Morgan fingerprint density at radius 3 is 2.94 bits per heavy atom. The van der Waals surface area contributed by atoms with Crippen LogP contribution in [0.15, 0.2) is 17.0 Å². The van der Waals surface area contributed by atoms with E-state index in [1.165, 1.54) is 6.07 Å². The van der Waals surface area contributed by atoms with E-state index in [9.17, 15) is 14.3 Å². The van der Waals surface area contributed by atoms with Gasteiger partial charge in [0.05, 0.1) is 6.61 Å². The van der Waals surface area contributed by atoms with Gasteiger partial charge in [-0.25, -0.2) is 4.39 Å². The van der Waals surface area contributed by atoms with Gasteiger partial charge in [-0.3, -0.25) is 4.79 Å². The van der Waals surface area contributed by atoms with E-state index in [1.807, 2.05) is 0 Å². The number of nitrogens with one attached hydrogen (secondary N) is 1. The Bertz CT molecular complexity index is 438. The van der Waals surface area contributed by atoms with Gasteiger partial charge in [0.1, 0.15) is 5.82 Å². The Labute approximate surface area is 95.5 Å². The Morgan fingerprint density at radius 2 is 2.25 bits per heavy atom. The van der Waals surface area contributed by atoms with Crippen LogP contribution in [0.5, 0.6) is 0 Å². The number of carbonyl (C=O) groups is 1. The summed E-state index contributed by atoms with van der Waals surface area (Å²) in [6.45, 7) is -0.0455. The lowest BCUT2D eigenvalue weighted by Gasteiger charge is -2.06. The Kier molecular flexibility index (Phi) is 3.13. The molecule has 86 valence electrons. The normalized spacial score (nSPS) is 18.4. The summed E-state index contributed by atoms with van der Waals surface area (Å²) in [4.78, 5) is 11.5. The molecule has 1 aliphatic heterocycles. The van der Waals surface area contributed by atoms with E-state index in [1.54, 1.807) is 0 Å². The second kappa shape index (κ2) is 4.40. The summed E-state index contributed by atoms with van der Waals surface area (Å²) in [6.07, 6.45) is -1.29. The highest BCUT2D eigenvalue weighted by Gasteiger charge is 2.29. The maximum absolute atomic E-state index is 13.5. The van der Waals surface area contributed by atoms with Crippen molar-refractivity contribution >= 4 is 23.4 Å². The minimum absolute atomic E-state index is 0.0455. The lowest BCUT2D eigenvalue weighted by molar-refractivity contribution is -0.123. The summed E-state index contributed by atoms with van der Waals surface area (Å²) < 4.78 is 13.5. The molecule has 1 amide bonds. The molecule has 1 aromatic rings. The quantitative estimate of drug-likeness (QED) is 0.690. The number of rotatable bonds is 3. The van der Waals surface area contributed by atoms with Crippen LogP contribution in [0.3, 0.4) is 0 Å². The van der Waals surface area contributed by atoms with Crippen LogP contribution in [-0.2, 0) is 4.79 Å². The fourth-order valence-corrected chi connectivity index (χ4v) is 2.22. The molecule has 0 aliphatic carbocycles. The lowest BCUT2D eigenvalue weighted by Crippen LogP contribution is -2.10. The molecular weight excluding hydrogens is 233 g/mol. The zero-order chi connectivity index (χ0) is 11.7. The van der Waals surface area contributed by atoms with E-state index in [2.05, 4.69) is 5.32 Å². The van der Waals surface area contributed by atoms with Crippen LogP contribution in [0, 0.1) is 5.82 Å². The van der Waals surface area contributed by atoms with Crippen molar-refractivity contribution in [3.63, 3.8) is 0 Å². The van der Waals surface area contributed by atoms with Crippen LogP contribution < -0.4 is 5.32 Å². The fourth-order valence-electron chi connectivity index (χ4n) is 1.51. The van der Waals surface area contributed by atoms with Crippen molar-refractivity contribution in [2.24, 2.45) is 0 Å². The number of amides is 1. The summed E-state index contributed by atoms with van der Waals surface area (Å²) in [6, 6.07) is 2.62. The van der Waals surface area contributed by atoms with Gasteiger partial charge in [0.2, 0.25) is 0 Å². The van der Waals surface area contributed by atoms with Crippen molar-refractivity contribution in [3.05, 3.63) is 23.5 Å². The van der Waals surface area contributed by atoms with Crippen molar-refractivity contribution in [1.82, 2.24) is 0 Å². The Hall–Kier alpha value is -1.11. The van der Waals surface area contributed by atoms with Gasteiger partial charge in [-0.2, -0.15) is 0 Å². The molecule has 1 atom stereocenters. The molecule has 3 N–H and O–H groups in total. The predicted molar refractivity (Wildman–Crippen MR) is 57.8 cm³/mol. The van der Waals surface area contributed by atoms with Crippen LogP contribution >= 0.6 is 11.8 Å². The van der Waals surface area contributed by atoms with E-state index in [4.69, 9.17) is 5.11 Å². The number of benzene rings is 1. The van der Waals surface area contributed by atoms with Crippen molar-refractivity contribution < 1.29 is 19.4 Å². The molecule has 0 saturated carbocycles. The van der Waals surface area contributed by atoms with Gasteiger partial charge in [-0.15, -0.1) is 11.8 Å².